The molecule has 2 nitrogen and oxygen atoms in total. The third kappa shape index (κ3) is 3.14. The van der Waals surface area contributed by atoms with Crippen molar-refractivity contribution in [2.75, 3.05) is 7.05 Å². The maximum Gasteiger partial charge on any atom is 0.0972 e. The number of thiazole rings is 1. The van der Waals surface area contributed by atoms with Gasteiger partial charge >= 0.3 is 0 Å². The second-order valence-electron chi connectivity index (χ2n) is 4.37. The van der Waals surface area contributed by atoms with Crippen LogP contribution in [-0.4, -0.2) is 12.0 Å². The quantitative estimate of drug-likeness (QED) is 0.897. The Morgan fingerprint density at radius 1 is 1.29 bits per heavy atom. The van der Waals surface area contributed by atoms with Gasteiger partial charge in [0.2, 0.25) is 0 Å². The minimum atomic E-state index is 0.851. The van der Waals surface area contributed by atoms with Crippen molar-refractivity contribution < 1.29 is 0 Å². The molecule has 0 radical (unpaired) electrons. The molecule has 0 aliphatic carbocycles. The van der Waals surface area contributed by atoms with Crippen molar-refractivity contribution in [1.82, 2.24) is 10.3 Å². The van der Waals surface area contributed by atoms with E-state index in [-0.39, 0.29) is 0 Å². The summed E-state index contributed by atoms with van der Waals surface area (Å²) in [6.07, 6.45) is 0.945. The molecule has 2 rings (SSSR count). The van der Waals surface area contributed by atoms with E-state index in [0.717, 1.165) is 18.7 Å². The first kappa shape index (κ1) is 12.3. The highest BCUT2D eigenvalue weighted by molar-refractivity contribution is 7.09. The summed E-state index contributed by atoms with van der Waals surface area (Å²) in [5.74, 6) is 0. The van der Waals surface area contributed by atoms with E-state index in [1.54, 1.807) is 11.3 Å². The fourth-order valence-electron chi connectivity index (χ4n) is 1.90. The SMILES string of the molecule is CNCc1csc(Cc2ccc(C)cc2C)n1. The Bertz CT molecular complexity index is 503. The Hall–Kier alpha value is -1.19. The molecule has 0 aliphatic heterocycles. The number of nitrogens with zero attached hydrogens (tertiary/aromatic N) is 1. The van der Waals surface area contributed by atoms with Crippen LogP contribution in [0.25, 0.3) is 0 Å². The number of benzene rings is 1. The zero-order valence-electron chi connectivity index (χ0n) is 10.6. The molecule has 0 amide bonds. The third-order valence-corrected chi connectivity index (χ3v) is 3.69. The van der Waals surface area contributed by atoms with Crippen molar-refractivity contribution in [2.45, 2.75) is 26.8 Å². The predicted octanol–water partition coefficient (Wildman–Crippen LogP) is 3.07. The average Bonchev–Trinajstić information content (AvgIpc) is 2.71. The van der Waals surface area contributed by atoms with Crippen LogP contribution in [0.2, 0.25) is 0 Å². The van der Waals surface area contributed by atoms with Crippen LogP contribution in [0.5, 0.6) is 0 Å². The van der Waals surface area contributed by atoms with E-state index in [2.05, 4.69) is 47.7 Å². The molecule has 2 aromatic rings. The molecular weight excluding hydrogens is 228 g/mol. The summed E-state index contributed by atoms with van der Waals surface area (Å²) in [5.41, 5.74) is 5.19. The van der Waals surface area contributed by atoms with Gasteiger partial charge < -0.3 is 5.32 Å². The third-order valence-electron chi connectivity index (χ3n) is 2.80. The van der Waals surface area contributed by atoms with Crippen LogP contribution in [0, 0.1) is 13.8 Å². The van der Waals surface area contributed by atoms with Gasteiger partial charge in [-0.2, -0.15) is 0 Å². The summed E-state index contributed by atoms with van der Waals surface area (Å²) in [4.78, 5) is 4.61. The fraction of sp³-hybridized carbons (Fsp3) is 0.357. The number of nitrogens with one attached hydrogen (secondary N) is 1. The van der Waals surface area contributed by atoms with E-state index in [1.165, 1.54) is 21.7 Å². The van der Waals surface area contributed by atoms with Crippen molar-refractivity contribution in [2.24, 2.45) is 0 Å². The molecule has 0 saturated carbocycles. The molecule has 1 aromatic heterocycles. The summed E-state index contributed by atoms with van der Waals surface area (Å²) in [6, 6.07) is 6.62. The van der Waals surface area contributed by atoms with Gasteiger partial charge in [0.25, 0.3) is 0 Å². The molecule has 90 valence electrons. The first-order chi connectivity index (χ1) is 8.19. The molecule has 3 heteroatoms. The summed E-state index contributed by atoms with van der Waals surface area (Å²) in [6.45, 7) is 5.15. The van der Waals surface area contributed by atoms with Crippen LogP contribution in [-0.2, 0) is 13.0 Å². The van der Waals surface area contributed by atoms with Gasteiger partial charge in [-0.1, -0.05) is 23.8 Å². The van der Waals surface area contributed by atoms with Crippen LogP contribution in [0.1, 0.15) is 27.4 Å². The Morgan fingerprint density at radius 3 is 2.82 bits per heavy atom. The second kappa shape index (κ2) is 5.43. The van der Waals surface area contributed by atoms with Crippen molar-refractivity contribution in [1.29, 1.82) is 0 Å². The zero-order valence-corrected chi connectivity index (χ0v) is 11.4. The van der Waals surface area contributed by atoms with Crippen LogP contribution >= 0.6 is 11.3 Å². The fourth-order valence-corrected chi connectivity index (χ4v) is 2.72. The lowest BCUT2D eigenvalue weighted by molar-refractivity contribution is 0.793. The molecule has 17 heavy (non-hydrogen) atoms. The monoisotopic (exact) mass is 246 g/mol. The second-order valence-corrected chi connectivity index (χ2v) is 5.31. The van der Waals surface area contributed by atoms with Gasteiger partial charge in [0.1, 0.15) is 0 Å². The van der Waals surface area contributed by atoms with E-state index in [9.17, 15) is 0 Å². The lowest BCUT2D eigenvalue weighted by Gasteiger charge is -2.04. The molecule has 1 heterocycles. The standard InChI is InChI=1S/C14H18N2S/c1-10-4-5-12(11(2)6-10)7-14-16-13(8-15-3)9-17-14/h4-6,9,15H,7-8H2,1-3H3. The van der Waals surface area contributed by atoms with Crippen LogP contribution < -0.4 is 5.32 Å². The molecule has 0 unspecified atom stereocenters. The smallest absolute Gasteiger partial charge is 0.0972 e. The number of hydrogen-bond acceptors (Lipinski definition) is 3. The van der Waals surface area contributed by atoms with Crippen LogP contribution in [0.4, 0.5) is 0 Å². The molecule has 0 spiro atoms. The Morgan fingerprint density at radius 2 is 2.12 bits per heavy atom. The largest absolute Gasteiger partial charge is 0.314 e. The Balaban J connectivity index is 2.13. The van der Waals surface area contributed by atoms with Gasteiger partial charge in [0, 0.05) is 18.3 Å². The Labute approximate surface area is 107 Å². The molecular formula is C14H18N2S. The minimum Gasteiger partial charge on any atom is -0.314 e. The van der Waals surface area contributed by atoms with Gasteiger partial charge in [-0.3, -0.25) is 0 Å². The van der Waals surface area contributed by atoms with E-state index < -0.39 is 0 Å². The van der Waals surface area contributed by atoms with E-state index in [1.807, 2.05) is 7.05 Å². The number of aromatic nitrogens is 1. The number of hydrogen-bond donors (Lipinski definition) is 1. The van der Waals surface area contributed by atoms with Crippen molar-refractivity contribution in [3.63, 3.8) is 0 Å². The summed E-state index contributed by atoms with van der Waals surface area (Å²) >= 11 is 1.75. The van der Waals surface area contributed by atoms with Gasteiger partial charge in [0.15, 0.2) is 0 Å². The van der Waals surface area contributed by atoms with Crippen molar-refractivity contribution in [3.05, 3.63) is 51.0 Å². The van der Waals surface area contributed by atoms with Crippen molar-refractivity contribution >= 4 is 11.3 Å². The summed E-state index contributed by atoms with van der Waals surface area (Å²) < 4.78 is 0. The van der Waals surface area contributed by atoms with Crippen molar-refractivity contribution in [3.8, 4) is 0 Å². The normalized spacial score (nSPS) is 10.8. The van der Waals surface area contributed by atoms with Gasteiger partial charge in [-0.15, -0.1) is 11.3 Å². The number of aryl methyl sites for hydroxylation is 2. The summed E-state index contributed by atoms with van der Waals surface area (Å²) in [7, 11) is 1.95. The zero-order chi connectivity index (χ0) is 12.3. The highest BCUT2D eigenvalue weighted by atomic mass is 32.1. The Kier molecular flexibility index (Phi) is 3.92. The topological polar surface area (TPSA) is 24.9 Å². The van der Waals surface area contributed by atoms with Gasteiger partial charge in [-0.25, -0.2) is 4.98 Å². The molecule has 1 N–H and O–H groups in total. The first-order valence-corrected chi connectivity index (χ1v) is 6.71. The van der Waals surface area contributed by atoms with Gasteiger partial charge in [-0.05, 0) is 32.0 Å². The lowest BCUT2D eigenvalue weighted by atomic mass is 10.0. The average molecular weight is 246 g/mol. The molecule has 1 aromatic carbocycles. The van der Waals surface area contributed by atoms with E-state index >= 15 is 0 Å². The number of rotatable bonds is 4. The van der Waals surface area contributed by atoms with E-state index in [0.29, 0.717) is 0 Å². The summed E-state index contributed by atoms with van der Waals surface area (Å²) in [5, 5.41) is 6.45. The first-order valence-electron chi connectivity index (χ1n) is 5.83. The molecule has 0 atom stereocenters. The highest BCUT2D eigenvalue weighted by Crippen LogP contribution is 2.18. The van der Waals surface area contributed by atoms with E-state index in [4.69, 9.17) is 0 Å². The van der Waals surface area contributed by atoms with Crippen LogP contribution in [0.15, 0.2) is 23.6 Å². The molecule has 0 aliphatic rings. The molecule has 0 bridgehead atoms. The van der Waals surface area contributed by atoms with Crippen LogP contribution in [0.3, 0.4) is 0 Å². The maximum absolute atomic E-state index is 4.61. The highest BCUT2D eigenvalue weighted by Gasteiger charge is 2.05. The molecule has 0 fully saturated rings. The minimum absolute atomic E-state index is 0.851. The maximum atomic E-state index is 4.61. The predicted molar refractivity (Wildman–Crippen MR) is 73.6 cm³/mol. The lowest BCUT2D eigenvalue weighted by Crippen LogP contribution is -2.05. The molecule has 0 saturated heterocycles. The van der Waals surface area contributed by atoms with Gasteiger partial charge in [0.05, 0.1) is 10.7 Å².